The van der Waals surface area contributed by atoms with Crippen LogP contribution in [0.3, 0.4) is 0 Å². The lowest BCUT2D eigenvalue weighted by molar-refractivity contribution is 0.105. The molecule has 20 heavy (non-hydrogen) atoms. The molecule has 1 aliphatic rings. The van der Waals surface area contributed by atoms with Gasteiger partial charge in [-0.05, 0) is 32.1 Å². The third-order valence-electron chi connectivity index (χ3n) is 3.26. The van der Waals surface area contributed by atoms with Crippen LogP contribution < -0.4 is 11.1 Å². The Balaban J connectivity index is 1.99. The van der Waals surface area contributed by atoms with Crippen molar-refractivity contribution in [2.24, 2.45) is 0 Å². The van der Waals surface area contributed by atoms with E-state index >= 15 is 0 Å². The van der Waals surface area contributed by atoms with Crippen LogP contribution in [0.25, 0.3) is 0 Å². The fraction of sp³-hybridized carbons (Fsp3) is 0.692. The highest BCUT2D eigenvalue weighted by atomic mass is 35.5. The number of nitrogen functional groups attached to an aromatic ring is 1. The van der Waals surface area contributed by atoms with E-state index in [1.54, 1.807) is 0 Å². The van der Waals surface area contributed by atoms with Gasteiger partial charge in [0, 0.05) is 19.8 Å². The van der Waals surface area contributed by atoms with Crippen molar-refractivity contribution in [2.75, 3.05) is 30.8 Å². The van der Waals surface area contributed by atoms with E-state index < -0.39 is 0 Å². The molecular weight excluding hydrogens is 280 g/mol. The van der Waals surface area contributed by atoms with Gasteiger partial charge in [0.25, 0.3) is 0 Å². The molecular formula is C13H21ClN4O2. The van der Waals surface area contributed by atoms with Crippen LogP contribution in [0.15, 0.2) is 0 Å². The van der Waals surface area contributed by atoms with Gasteiger partial charge in [0.1, 0.15) is 11.8 Å². The summed E-state index contributed by atoms with van der Waals surface area (Å²) >= 11 is 6.06. The predicted molar refractivity (Wildman–Crippen MR) is 78.8 cm³/mol. The molecule has 4 N–H and O–H groups in total. The van der Waals surface area contributed by atoms with E-state index in [9.17, 15) is 0 Å². The fourth-order valence-electron chi connectivity index (χ4n) is 2.14. The SMILES string of the molecule is Nc1c(Cl)nc(C2CCCO2)nc1NCCCCCO. The minimum atomic E-state index is -0.0805. The zero-order valence-electron chi connectivity index (χ0n) is 11.4. The minimum absolute atomic E-state index is 0.0805. The van der Waals surface area contributed by atoms with E-state index in [1.165, 1.54) is 0 Å². The van der Waals surface area contributed by atoms with Gasteiger partial charge in [0.05, 0.1) is 0 Å². The maximum absolute atomic E-state index is 8.73. The molecule has 1 aliphatic heterocycles. The number of nitrogens with two attached hydrogens (primary N) is 1. The lowest BCUT2D eigenvalue weighted by Crippen LogP contribution is -2.12. The van der Waals surface area contributed by atoms with Crippen molar-refractivity contribution >= 4 is 23.1 Å². The summed E-state index contributed by atoms with van der Waals surface area (Å²) in [7, 11) is 0. The lowest BCUT2D eigenvalue weighted by atomic mass is 10.2. The molecule has 0 bridgehead atoms. The first kappa shape index (κ1) is 15.3. The zero-order valence-corrected chi connectivity index (χ0v) is 12.2. The molecule has 0 radical (unpaired) electrons. The van der Waals surface area contributed by atoms with Crippen LogP contribution in [0, 0.1) is 0 Å². The fourth-order valence-corrected chi connectivity index (χ4v) is 2.31. The molecule has 0 saturated carbocycles. The van der Waals surface area contributed by atoms with E-state index in [2.05, 4.69) is 15.3 Å². The third-order valence-corrected chi connectivity index (χ3v) is 3.55. The van der Waals surface area contributed by atoms with Gasteiger partial charge in [-0.15, -0.1) is 0 Å². The van der Waals surface area contributed by atoms with Crippen LogP contribution >= 0.6 is 11.6 Å². The molecule has 2 rings (SSSR count). The van der Waals surface area contributed by atoms with E-state index in [-0.39, 0.29) is 17.9 Å². The van der Waals surface area contributed by atoms with Crippen molar-refractivity contribution in [1.29, 1.82) is 0 Å². The van der Waals surface area contributed by atoms with Crippen molar-refractivity contribution in [3.63, 3.8) is 0 Å². The summed E-state index contributed by atoms with van der Waals surface area (Å²) in [6.07, 6.45) is 4.56. The molecule has 0 aliphatic carbocycles. The van der Waals surface area contributed by atoms with Gasteiger partial charge < -0.3 is 20.9 Å². The van der Waals surface area contributed by atoms with Crippen LogP contribution in [-0.4, -0.2) is 34.8 Å². The van der Waals surface area contributed by atoms with Crippen LogP contribution in [0.2, 0.25) is 5.15 Å². The Labute approximate surface area is 123 Å². The van der Waals surface area contributed by atoms with Gasteiger partial charge >= 0.3 is 0 Å². The zero-order chi connectivity index (χ0) is 14.4. The number of aliphatic hydroxyl groups excluding tert-OH is 1. The highest BCUT2D eigenvalue weighted by molar-refractivity contribution is 6.32. The largest absolute Gasteiger partial charge is 0.396 e. The average molecular weight is 301 g/mol. The number of hydrogen-bond acceptors (Lipinski definition) is 6. The molecule has 112 valence electrons. The predicted octanol–water partition coefficient (Wildman–Crippen LogP) is 2.14. The summed E-state index contributed by atoms with van der Waals surface area (Å²) in [5.41, 5.74) is 6.26. The lowest BCUT2D eigenvalue weighted by Gasteiger charge is -2.13. The average Bonchev–Trinajstić information content (AvgIpc) is 2.97. The maximum Gasteiger partial charge on any atom is 0.161 e. The van der Waals surface area contributed by atoms with Crippen LogP contribution in [-0.2, 0) is 4.74 Å². The Kier molecular flexibility index (Phi) is 5.82. The van der Waals surface area contributed by atoms with Crippen LogP contribution in [0.1, 0.15) is 44.0 Å². The summed E-state index contributed by atoms with van der Waals surface area (Å²) in [6, 6.07) is 0. The summed E-state index contributed by atoms with van der Waals surface area (Å²) in [5.74, 6) is 1.17. The van der Waals surface area contributed by atoms with Crippen molar-refractivity contribution in [3.8, 4) is 0 Å². The number of hydrogen-bond donors (Lipinski definition) is 3. The molecule has 0 aromatic carbocycles. The topological polar surface area (TPSA) is 93.3 Å². The summed E-state index contributed by atoms with van der Waals surface area (Å²) in [6.45, 7) is 1.70. The standard InChI is InChI=1S/C13H21ClN4O2/c14-11-10(15)13(16-6-2-1-3-7-19)18-12(17-11)9-5-4-8-20-9/h9,19H,1-8,15H2,(H,16,17,18). The molecule has 6 nitrogen and oxygen atoms in total. The number of ether oxygens (including phenoxy) is 1. The van der Waals surface area contributed by atoms with Crippen LogP contribution in [0.5, 0.6) is 0 Å². The normalized spacial score (nSPS) is 18.4. The summed E-state index contributed by atoms with van der Waals surface area (Å²) in [5, 5.41) is 12.2. The Morgan fingerprint density at radius 3 is 2.90 bits per heavy atom. The highest BCUT2D eigenvalue weighted by Gasteiger charge is 2.22. The quantitative estimate of drug-likeness (QED) is 0.528. The second-order valence-corrected chi connectivity index (χ2v) is 5.21. The Hall–Kier alpha value is -1.11. The van der Waals surface area contributed by atoms with Gasteiger partial charge in [-0.1, -0.05) is 11.6 Å². The first-order chi connectivity index (χ1) is 9.72. The molecule has 1 atom stereocenters. The van der Waals surface area contributed by atoms with Gasteiger partial charge in [0.15, 0.2) is 16.8 Å². The Bertz CT molecular complexity index is 439. The van der Waals surface area contributed by atoms with Gasteiger partial charge in [-0.3, -0.25) is 0 Å². The maximum atomic E-state index is 8.73. The summed E-state index contributed by atoms with van der Waals surface area (Å²) < 4.78 is 5.57. The van der Waals surface area contributed by atoms with Crippen molar-refractivity contribution in [3.05, 3.63) is 11.0 Å². The molecule has 1 unspecified atom stereocenters. The van der Waals surface area contributed by atoms with E-state index in [0.29, 0.717) is 17.3 Å². The number of aromatic nitrogens is 2. The number of halogens is 1. The van der Waals surface area contributed by atoms with Crippen molar-refractivity contribution < 1.29 is 9.84 Å². The minimum Gasteiger partial charge on any atom is -0.396 e. The number of aliphatic hydroxyl groups is 1. The van der Waals surface area contributed by atoms with E-state index in [1.807, 2.05) is 0 Å². The molecule has 1 fully saturated rings. The second-order valence-electron chi connectivity index (χ2n) is 4.85. The first-order valence-electron chi connectivity index (χ1n) is 7.01. The van der Waals surface area contributed by atoms with E-state index in [0.717, 1.165) is 45.3 Å². The Morgan fingerprint density at radius 1 is 1.35 bits per heavy atom. The molecule has 0 amide bonds. The summed E-state index contributed by atoms with van der Waals surface area (Å²) in [4.78, 5) is 8.63. The van der Waals surface area contributed by atoms with Gasteiger partial charge in [-0.2, -0.15) is 0 Å². The highest BCUT2D eigenvalue weighted by Crippen LogP contribution is 2.31. The van der Waals surface area contributed by atoms with Crippen molar-refractivity contribution in [2.45, 2.75) is 38.2 Å². The molecule has 7 heteroatoms. The smallest absolute Gasteiger partial charge is 0.161 e. The number of anilines is 2. The molecule has 1 aromatic rings. The third kappa shape index (κ3) is 3.94. The molecule has 1 aromatic heterocycles. The van der Waals surface area contributed by atoms with E-state index in [4.69, 9.17) is 27.2 Å². The Morgan fingerprint density at radius 2 is 2.20 bits per heavy atom. The van der Waals surface area contributed by atoms with Gasteiger partial charge in [-0.25, -0.2) is 9.97 Å². The first-order valence-corrected chi connectivity index (χ1v) is 7.39. The van der Waals surface area contributed by atoms with Gasteiger partial charge in [0.2, 0.25) is 0 Å². The number of nitrogens with zero attached hydrogens (tertiary/aromatic N) is 2. The van der Waals surface area contributed by atoms with Crippen LogP contribution in [0.4, 0.5) is 11.5 Å². The number of nitrogens with one attached hydrogen (secondary N) is 1. The molecule has 1 saturated heterocycles. The monoisotopic (exact) mass is 300 g/mol. The molecule has 2 heterocycles. The van der Waals surface area contributed by atoms with Crippen molar-refractivity contribution in [1.82, 2.24) is 9.97 Å². The number of unbranched alkanes of at least 4 members (excludes halogenated alkanes) is 2. The number of rotatable bonds is 7. The second kappa shape index (κ2) is 7.61. The molecule has 0 spiro atoms.